The van der Waals surface area contributed by atoms with Gasteiger partial charge in [0.25, 0.3) is 0 Å². The molecule has 3 heterocycles. The zero-order valence-corrected chi connectivity index (χ0v) is 19.1. The van der Waals surface area contributed by atoms with Gasteiger partial charge in [-0.3, -0.25) is 9.58 Å². The van der Waals surface area contributed by atoms with Crippen LogP contribution >= 0.6 is 0 Å². The summed E-state index contributed by atoms with van der Waals surface area (Å²) in [5, 5.41) is 7.35. The van der Waals surface area contributed by atoms with Crippen molar-refractivity contribution in [2.45, 2.75) is 45.1 Å². The van der Waals surface area contributed by atoms with E-state index in [4.69, 9.17) is 0 Å². The number of nitrogens with zero attached hydrogens (tertiary/aromatic N) is 4. The van der Waals surface area contributed by atoms with Gasteiger partial charge in [-0.05, 0) is 43.0 Å². The van der Waals surface area contributed by atoms with Crippen LogP contribution in [0.2, 0.25) is 0 Å². The number of nitrogens with one attached hydrogen (secondary N) is 1. The molecule has 0 atom stereocenters. The van der Waals surface area contributed by atoms with E-state index in [0.717, 1.165) is 24.5 Å². The maximum Gasteiger partial charge on any atom is 0.416 e. The van der Waals surface area contributed by atoms with Crippen molar-refractivity contribution >= 4 is 17.4 Å². The molecule has 0 unspecified atom stereocenters. The molecule has 2 amide bonds. The number of anilines is 2. The largest absolute Gasteiger partial charge is 0.416 e. The average molecular weight is 488 g/mol. The Labute approximate surface area is 200 Å². The number of alkyl halides is 3. The minimum atomic E-state index is -4.51. The highest BCUT2D eigenvalue weighted by Gasteiger charge is 2.35. The Bertz CT molecular complexity index is 1230. The maximum absolute atomic E-state index is 14.4. The quantitative estimate of drug-likeness (QED) is 0.500. The van der Waals surface area contributed by atoms with Gasteiger partial charge in [-0.2, -0.15) is 18.3 Å². The molecule has 184 valence electrons. The minimum Gasteiger partial charge on any atom is -0.369 e. The van der Waals surface area contributed by atoms with E-state index < -0.39 is 17.8 Å². The highest BCUT2D eigenvalue weighted by Crippen LogP contribution is 2.35. The number of hydrogen-bond acceptors (Lipinski definition) is 3. The minimum absolute atomic E-state index is 0.0179. The molecule has 0 saturated carbocycles. The summed E-state index contributed by atoms with van der Waals surface area (Å²) in [5.74, 6) is -0.239. The Hall–Kier alpha value is -3.56. The first-order valence-corrected chi connectivity index (χ1v) is 11.5. The predicted molar refractivity (Wildman–Crippen MR) is 124 cm³/mol. The van der Waals surface area contributed by atoms with Crippen molar-refractivity contribution in [2.75, 3.05) is 22.9 Å². The lowest BCUT2D eigenvalue weighted by Gasteiger charge is -2.34. The van der Waals surface area contributed by atoms with Crippen molar-refractivity contribution in [1.29, 1.82) is 0 Å². The van der Waals surface area contributed by atoms with Crippen LogP contribution in [0, 0.1) is 12.7 Å². The van der Waals surface area contributed by atoms with E-state index in [9.17, 15) is 22.4 Å². The predicted octanol–water partition coefficient (Wildman–Crippen LogP) is 5.42. The number of piperidine rings is 1. The zero-order valence-electron chi connectivity index (χ0n) is 19.1. The average Bonchev–Trinajstić information content (AvgIpc) is 3.26. The van der Waals surface area contributed by atoms with Crippen molar-refractivity contribution in [2.24, 2.45) is 0 Å². The molecule has 1 N–H and O–H groups in total. The van der Waals surface area contributed by atoms with Crippen LogP contribution in [0.15, 0.2) is 48.7 Å². The third-order valence-corrected chi connectivity index (χ3v) is 6.72. The molecule has 2 aliphatic rings. The third-order valence-electron chi connectivity index (χ3n) is 6.72. The van der Waals surface area contributed by atoms with Gasteiger partial charge in [-0.1, -0.05) is 30.3 Å². The Morgan fingerprint density at radius 3 is 2.54 bits per heavy atom. The molecule has 0 spiro atoms. The van der Waals surface area contributed by atoms with Crippen LogP contribution in [-0.4, -0.2) is 28.9 Å². The smallest absolute Gasteiger partial charge is 0.369 e. The molecule has 3 aromatic rings. The molecule has 1 aromatic heterocycles. The first kappa shape index (κ1) is 23.2. The molecule has 5 rings (SSSR count). The molecule has 10 heteroatoms. The number of rotatable bonds is 4. The SMILES string of the molecule is Cc1cccc(F)c1N1CCC(n2cc3c(n2)CNC(=O)N3Cc2ccccc2C(F)(F)F)CC1. The summed E-state index contributed by atoms with van der Waals surface area (Å²) in [6, 6.07) is 9.91. The van der Waals surface area contributed by atoms with Crippen molar-refractivity contribution in [3.05, 3.63) is 76.9 Å². The molecule has 0 aliphatic carbocycles. The van der Waals surface area contributed by atoms with Crippen LogP contribution in [0.25, 0.3) is 0 Å². The molecule has 35 heavy (non-hydrogen) atoms. The molecule has 2 aromatic carbocycles. The molecule has 0 bridgehead atoms. The summed E-state index contributed by atoms with van der Waals surface area (Å²) >= 11 is 0. The summed E-state index contributed by atoms with van der Waals surface area (Å²) in [7, 11) is 0. The van der Waals surface area contributed by atoms with Gasteiger partial charge in [0.1, 0.15) is 11.5 Å². The number of carbonyl (C=O) groups is 1. The number of fused-ring (bicyclic) bond motifs is 1. The monoisotopic (exact) mass is 487 g/mol. The molecular weight excluding hydrogens is 462 g/mol. The van der Waals surface area contributed by atoms with E-state index in [2.05, 4.69) is 10.4 Å². The lowest BCUT2D eigenvalue weighted by atomic mass is 10.0. The Morgan fingerprint density at radius 2 is 1.83 bits per heavy atom. The summed E-state index contributed by atoms with van der Waals surface area (Å²) < 4.78 is 56.7. The second-order valence-electron chi connectivity index (χ2n) is 8.96. The molecule has 1 fully saturated rings. The van der Waals surface area contributed by atoms with Crippen molar-refractivity contribution < 1.29 is 22.4 Å². The van der Waals surface area contributed by atoms with E-state index in [0.29, 0.717) is 30.2 Å². The lowest BCUT2D eigenvalue weighted by Crippen LogP contribution is -2.43. The van der Waals surface area contributed by atoms with Gasteiger partial charge >= 0.3 is 12.2 Å². The van der Waals surface area contributed by atoms with Gasteiger partial charge in [0.2, 0.25) is 0 Å². The second kappa shape index (κ2) is 8.90. The zero-order chi connectivity index (χ0) is 24.7. The van der Waals surface area contributed by atoms with Gasteiger partial charge in [-0.15, -0.1) is 0 Å². The van der Waals surface area contributed by atoms with Gasteiger partial charge in [0.05, 0.1) is 36.1 Å². The number of carbonyl (C=O) groups excluding carboxylic acids is 1. The van der Waals surface area contributed by atoms with Crippen LogP contribution in [0.5, 0.6) is 0 Å². The Kier molecular flexibility index (Phi) is 5.90. The van der Waals surface area contributed by atoms with Gasteiger partial charge < -0.3 is 10.2 Å². The first-order valence-electron chi connectivity index (χ1n) is 11.5. The first-order chi connectivity index (χ1) is 16.7. The van der Waals surface area contributed by atoms with E-state index in [-0.39, 0.29) is 30.5 Å². The number of aromatic nitrogens is 2. The second-order valence-corrected chi connectivity index (χ2v) is 8.96. The fourth-order valence-electron chi connectivity index (χ4n) is 4.96. The Balaban J connectivity index is 1.36. The highest BCUT2D eigenvalue weighted by molar-refractivity contribution is 5.94. The number of aryl methyl sites for hydroxylation is 1. The number of amides is 2. The van der Waals surface area contributed by atoms with Crippen molar-refractivity contribution in [1.82, 2.24) is 15.1 Å². The number of halogens is 4. The van der Waals surface area contributed by atoms with Crippen LogP contribution < -0.4 is 15.1 Å². The number of urea groups is 1. The number of hydrogen-bond donors (Lipinski definition) is 1. The van der Waals surface area contributed by atoms with E-state index in [1.54, 1.807) is 16.9 Å². The van der Waals surface area contributed by atoms with Crippen LogP contribution in [0.1, 0.15) is 41.3 Å². The summed E-state index contributed by atoms with van der Waals surface area (Å²) in [6.45, 7) is 3.19. The molecule has 0 radical (unpaired) electrons. The molecule has 2 aliphatic heterocycles. The normalized spacial score (nSPS) is 16.9. The van der Waals surface area contributed by atoms with Crippen LogP contribution in [0.3, 0.4) is 0 Å². The molecule has 1 saturated heterocycles. The topological polar surface area (TPSA) is 53.4 Å². The summed E-state index contributed by atoms with van der Waals surface area (Å²) in [5.41, 5.74) is 1.89. The third kappa shape index (κ3) is 4.44. The van der Waals surface area contributed by atoms with Crippen LogP contribution in [-0.2, 0) is 19.3 Å². The number of benzene rings is 2. The highest BCUT2D eigenvalue weighted by atomic mass is 19.4. The van der Waals surface area contributed by atoms with Gasteiger partial charge in [-0.25, -0.2) is 9.18 Å². The van der Waals surface area contributed by atoms with Gasteiger partial charge in [0, 0.05) is 19.3 Å². The summed E-state index contributed by atoms with van der Waals surface area (Å²) in [6.07, 6.45) is -1.31. The fourth-order valence-corrected chi connectivity index (χ4v) is 4.96. The van der Waals surface area contributed by atoms with Crippen molar-refractivity contribution in [3.8, 4) is 0 Å². The number of para-hydroxylation sites is 1. The summed E-state index contributed by atoms with van der Waals surface area (Å²) in [4.78, 5) is 16.0. The van der Waals surface area contributed by atoms with Gasteiger partial charge in [0.15, 0.2) is 0 Å². The fraction of sp³-hybridized carbons (Fsp3) is 0.360. The van der Waals surface area contributed by atoms with E-state index in [1.165, 1.54) is 29.2 Å². The molecule has 6 nitrogen and oxygen atoms in total. The van der Waals surface area contributed by atoms with E-state index in [1.807, 2.05) is 17.9 Å². The standard InChI is InChI=1S/C25H25F4N5O/c1-16-5-4-8-20(26)23(16)32-11-9-18(10-12-32)34-15-22-21(31-34)13-30-24(35)33(22)14-17-6-2-3-7-19(17)25(27,28)29/h2-8,15,18H,9-14H2,1H3,(H,30,35). The Morgan fingerprint density at radius 1 is 1.09 bits per heavy atom. The lowest BCUT2D eigenvalue weighted by molar-refractivity contribution is -0.138. The van der Waals surface area contributed by atoms with Crippen LogP contribution in [0.4, 0.5) is 33.7 Å². The molecular formula is C25H25F4N5O. The van der Waals surface area contributed by atoms with E-state index >= 15 is 0 Å². The maximum atomic E-state index is 14.4. The van der Waals surface area contributed by atoms with Crippen molar-refractivity contribution in [3.63, 3.8) is 0 Å².